The predicted octanol–water partition coefficient (Wildman–Crippen LogP) is 3.63. The maximum absolute atomic E-state index is 13.4. The number of nitrogens with one attached hydrogen (secondary N) is 2. The van der Waals surface area contributed by atoms with Gasteiger partial charge in [0.05, 0.1) is 12.2 Å². The van der Waals surface area contributed by atoms with Gasteiger partial charge in [-0.15, -0.1) is 0 Å². The summed E-state index contributed by atoms with van der Waals surface area (Å²) in [6.07, 6.45) is 0. The Balaban J connectivity index is 1.97. The molecule has 5 heteroatoms. The van der Waals surface area contributed by atoms with Gasteiger partial charge in [-0.05, 0) is 43.7 Å². The normalized spacial score (nSPS) is 10.3. The Morgan fingerprint density at radius 2 is 1.81 bits per heavy atom. The first-order chi connectivity index (χ1) is 9.95. The summed E-state index contributed by atoms with van der Waals surface area (Å²) < 4.78 is 26.4. The number of benzene rings is 2. The first-order valence-corrected chi connectivity index (χ1v) is 6.52. The van der Waals surface area contributed by atoms with E-state index in [0.717, 1.165) is 29.3 Å². The van der Waals surface area contributed by atoms with Crippen LogP contribution in [0.1, 0.15) is 11.1 Å². The van der Waals surface area contributed by atoms with Gasteiger partial charge in [-0.3, -0.25) is 4.79 Å². The Kier molecular flexibility index (Phi) is 4.52. The smallest absolute Gasteiger partial charge is 0.243 e. The zero-order valence-corrected chi connectivity index (χ0v) is 11.8. The summed E-state index contributed by atoms with van der Waals surface area (Å²) in [5, 5.41) is 5.30. The van der Waals surface area contributed by atoms with Crippen molar-refractivity contribution in [2.24, 2.45) is 0 Å². The van der Waals surface area contributed by atoms with Crippen LogP contribution in [0.5, 0.6) is 0 Å². The molecule has 0 bridgehead atoms. The van der Waals surface area contributed by atoms with Crippen molar-refractivity contribution in [3.8, 4) is 0 Å². The molecule has 2 rings (SSSR count). The molecule has 0 saturated heterocycles. The molecule has 0 aliphatic carbocycles. The van der Waals surface area contributed by atoms with E-state index in [1.807, 2.05) is 32.0 Å². The van der Waals surface area contributed by atoms with Gasteiger partial charge < -0.3 is 10.6 Å². The molecule has 3 nitrogen and oxygen atoms in total. The third-order valence-corrected chi connectivity index (χ3v) is 3.02. The van der Waals surface area contributed by atoms with Gasteiger partial charge in [0.15, 0.2) is 0 Å². The second kappa shape index (κ2) is 6.35. The molecule has 0 atom stereocenters. The first kappa shape index (κ1) is 15.0. The molecule has 0 unspecified atom stereocenters. The minimum absolute atomic E-state index is 0.0363. The SMILES string of the molecule is Cc1ccc(NC(=O)CNc2cc(F)ccc2F)c(C)c1. The van der Waals surface area contributed by atoms with Crippen molar-refractivity contribution in [2.75, 3.05) is 17.2 Å². The van der Waals surface area contributed by atoms with Gasteiger partial charge in [0, 0.05) is 5.69 Å². The lowest BCUT2D eigenvalue weighted by Crippen LogP contribution is -2.22. The molecule has 2 N–H and O–H groups in total. The number of amides is 1. The van der Waals surface area contributed by atoms with Crippen LogP contribution < -0.4 is 10.6 Å². The Labute approximate surface area is 122 Å². The van der Waals surface area contributed by atoms with Gasteiger partial charge in [0.2, 0.25) is 5.91 Å². The van der Waals surface area contributed by atoms with Gasteiger partial charge in [0.1, 0.15) is 11.6 Å². The van der Waals surface area contributed by atoms with Crippen molar-refractivity contribution in [1.82, 2.24) is 0 Å². The average molecular weight is 290 g/mol. The maximum Gasteiger partial charge on any atom is 0.243 e. The maximum atomic E-state index is 13.4. The largest absolute Gasteiger partial charge is 0.374 e. The second-order valence-corrected chi connectivity index (χ2v) is 4.84. The lowest BCUT2D eigenvalue weighted by molar-refractivity contribution is -0.114. The highest BCUT2D eigenvalue weighted by Gasteiger charge is 2.08. The number of hydrogen-bond donors (Lipinski definition) is 2. The highest BCUT2D eigenvalue weighted by Crippen LogP contribution is 2.17. The first-order valence-electron chi connectivity index (χ1n) is 6.52. The van der Waals surface area contributed by atoms with E-state index in [4.69, 9.17) is 0 Å². The van der Waals surface area contributed by atoms with Crippen LogP contribution in [0.15, 0.2) is 36.4 Å². The molecule has 2 aromatic carbocycles. The molecule has 0 saturated carbocycles. The van der Waals surface area contributed by atoms with Crippen molar-refractivity contribution in [1.29, 1.82) is 0 Å². The van der Waals surface area contributed by atoms with E-state index >= 15 is 0 Å². The fourth-order valence-corrected chi connectivity index (χ4v) is 1.96. The molecule has 0 radical (unpaired) electrons. The van der Waals surface area contributed by atoms with Crippen LogP contribution in [-0.4, -0.2) is 12.5 Å². The molecule has 0 aromatic heterocycles. The Hall–Kier alpha value is -2.43. The van der Waals surface area contributed by atoms with Crippen LogP contribution in [0, 0.1) is 25.5 Å². The summed E-state index contributed by atoms with van der Waals surface area (Å²) in [6.45, 7) is 3.71. The Bertz CT molecular complexity index is 671. The molecule has 0 aliphatic heterocycles. The van der Waals surface area contributed by atoms with Crippen LogP contribution >= 0.6 is 0 Å². The monoisotopic (exact) mass is 290 g/mol. The van der Waals surface area contributed by atoms with Crippen LogP contribution in [0.3, 0.4) is 0 Å². The van der Waals surface area contributed by atoms with Gasteiger partial charge in [-0.2, -0.15) is 0 Å². The molecule has 0 aliphatic rings. The van der Waals surface area contributed by atoms with Crippen LogP contribution in [0.25, 0.3) is 0 Å². The second-order valence-electron chi connectivity index (χ2n) is 4.84. The van der Waals surface area contributed by atoms with Gasteiger partial charge in [-0.25, -0.2) is 8.78 Å². The molecule has 21 heavy (non-hydrogen) atoms. The minimum Gasteiger partial charge on any atom is -0.374 e. The molecule has 110 valence electrons. The fourth-order valence-electron chi connectivity index (χ4n) is 1.96. The number of hydrogen-bond acceptors (Lipinski definition) is 2. The summed E-state index contributed by atoms with van der Waals surface area (Å²) in [5.41, 5.74) is 2.71. The van der Waals surface area contributed by atoms with Crippen molar-refractivity contribution in [3.05, 3.63) is 59.2 Å². The highest BCUT2D eigenvalue weighted by molar-refractivity contribution is 5.94. The molecule has 0 spiro atoms. The minimum atomic E-state index is -0.601. The quantitative estimate of drug-likeness (QED) is 0.902. The third kappa shape index (κ3) is 4.02. The summed E-state index contributed by atoms with van der Waals surface area (Å²) in [6, 6.07) is 8.71. The van der Waals surface area contributed by atoms with E-state index in [-0.39, 0.29) is 18.1 Å². The summed E-state index contributed by atoms with van der Waals surface area (Å²) in [4.78, 5) is 11.8. The van der Waals surface area contributed by atoms with E-state index in [1.165, 1.54) is 0 Å². The van der Waals surface area contributed by atoms with Crippen molar-refractivity contribution in [3.63, 3.8) is 0 Å². The number of aryl methyl sites for hydroxylation is 2. The molecular weight excluding hydrogens is 274 g/mol. The lowest BCUT2D eigenvalue weighted by Gasteiger charge is -2.11. The van der Waals surface area contributed by atoms with Crippen LogP contribution in [0.4, 0.5) is 20.2 Å². The molecule has 0 fully saturated rings. The summed E-state index contributed by atoms with van der Waals surface area (Å²) in [7, 11) is 0. The van der Waals surface area contributed by atoms with E-state index in [1.54, 1.807) is 0 Å². The molecule has 0 heterocycles. The summed E-state index contributed by atoms with van der Waals surface area (Å²) in [5.74, 6) is -1.49. The average Bonchev–Trinajstić information content (AvgIpc) is 2.43. The molecule has 2 aromatic rings. The van der Waals surface area contributed by atoms with Crippen LogP contribution in [-0.2, 0) is 4.79 Å². The standard InChI is InChI=1S/C16H16F2N2O/c1-10-3-6-14(11(2)7-10)20-16(21)9-19-15-8-12(17)4-5-13(15)18/h3-8,19H,9H2,1-2H3,(H,20,21). The molecular formula is C16H16F2N2O. The number of carbonyl (C=O) groups excluding carboxylic acids is 1. The topological polar surface area (TPSA) is 41.1 Å². The van der Waals surface area contributed by atoms with E-state index in [2.05, 4.69) is 10.6 Å². The van der Waals surface area contributed by atoms with Crippen LogP contribution in [0.2, 0.25) is 0 Å². The zero-order chi connectivity index (χ0) is 15.4. The van der Waals surface area contributed by atoms with Crippen molar-refractivity contribution >= 4 is 17.3 Å². The number of halogens is 2. The fraction of sp³-hybridized carbons (Fsp3) is 0.188. The third-order valence-electron chi connectivity index (χ3n) is 3.02. The highest BCUT2D eigenvalue weighted by atomic mass is 19.1. The lowest BCUT2D eigenvalue weighted by atomic mass is 10.1. The Morgan fingerprint density at radius 1 is 1.05 bits per heavy atom. The number of anilines is 2. The van der Waals surface area contributed by atoms with Gasteiger partial charge in [-0.1, -0.05) is 17.7 Å². The van der Waals surface area contributed by atoms with E-state index < -0.39 is 11.6 Å². The van der Waals surface area contributed by atoms with E-state index in [0.29, 0.717) is 5.69 Å². The Morgan fingerprint density at radius 3 is 2.52 bits per heavy atom. The zero-order valence-electron chi connectivity index (χ0n) is 11.8. The summed E-state index contributed by atoms with van der Waals surface area (Å²) >= 11 is 0. The predicted molar refractivity (Wildman–Crippen MR) is 79.4 cm³/mol. The molecule has 1 amide bonds. The van der Waals surface area contributed by atoms with Crippen molar-refractivity contribution < 1.29 is 13.6 Å². The van der Waals surface area contributed by atoms with Crippen molar-refractivity contribution in [2.45, 2.75) is 13.8 Å². The van der Waals surface area contributed by atoms with Gasteiger partial charge in [0.25, 0.3) is 0 Å². The van der Waals surface area contributed by atoms with Gasteiger partial charge >= 0.3 is 0 Å². The number of carbonyl (C=O) groups is 1. The number of rotatable bonds is 4. The van der Waals surface area contributed by atoms with E-state index in [9.17, 15) is 13.6 Å².